The van der Waals surface area contributed by atoms with E-state index < -0.39 is 24.3 Å². The maximum absolute atomic E-state index is 10.6. The second-order valence-corrected chi connectivity index (χ2v) is 9.61. The highest BCUT2D eigenvalue weighted by Crippen LogP contribution is 2.37. The Morgan fingerprint density at radius 2 is 1.63 bits per heavy atom. The minimum absolute atomic E-state index is 0.302. The molecule has 1 aliphatic carbocycles. The van der Waals surface area contributed by atoms with E-state index in [2.05, 4.69) is 46.1 Å². The third-order valence-electron chi connectivity index (χ3n) is 5.49. The lowest BCUT2D eigenvalue weighted by molar-refractivity contribution is -0.193. The van der Waals surface area contributed by atoms with E-state index in [-0.39, 0.29) is 0 Å². The Morgan fingerprint density at radius 1 is 1.02 bits per heavy atom. The standard InChI is InChI=1S/C17H19N9S.2C2HF3O2/c18-16-23-17(25-24-16)27-12-3-1-11(2-4-12)26-8-10(7-22-26)14-13-5-6-19-15(13)21-9-20-14;2*3-2(4,5)1(6)7/h5-9,11-12H,1-4H2,(H,19,20,21)(H3,18,23,24,25);2*(H,6,7)/t11-,12+;;. The minimum Gasteiger partial charge on any atom is -0.475 e. The van der Waals surface area contributed by atoms with Crippen molar-refractivity contribution in [2.24, 2.45) is 0 Å². The van der Waals surface area contributed by atoms with Crippen LogP contribution in [0.4, 0.5) is 32.3 Å². The lowest BCUT2D eigenvalue weighted by Crippen LogP contribution is -2.21. The van der Waals surface area contributed by atoms with Gasteiger partial charge in [-0.15, -0.1) is 5.10 Å². The number of alkyl halides is 6. The maximum atomic E-state index is 10.6. The minimum atomic E-state index is -5.08. The van der Waals surface area contributed by atoms with Gasteiger partial charge in [0.15, 0.2) is 5.16 Å². The monoisotopic (exact) mass is 609 g/mol. The van der Waals surface area contributed by atoms with Gasteiger partial charge in [-0.25, -0.2) is 19.6 Å². The van der Waals surface area contributed by atoms with Crippen LogP contribution in [0, 0.1) is 0 Å². The van der Waals surface area contributed by atoms with Crippen molar-refractivity contribution in [3.8, 4) is 11.3 Å². The first-order chi connectivity index (χ1) is 19.1. The van der Waals surface area contributed by atoms with Crippen LogP contribution in [0.2, 0.25) is 0 Å². The molecule has 4 aromatic heterocycles. The van der Waals surface area contributed by atoms with Crippen LogP contribution in [0.15, 0.2) is 36.1 Å². The molecule has 0 spiro atoms. The van der Waals surface area contributed by atoms with Crippen molar-refractivity contribution in [2.75, 3.05) is 5.73 Å². The van der Waals surface area contributed by atoms with Gasteiger partial charge in [-0.3, -0.25) is 9.78 Å². The number of anilines is 1. The smallest absolute Gasteiger partial charge is 0.475 e. The fraction of sp³-hybridized carbons (Fsp3) is 0.381. The first-order valence-corrected chi connectivity index (χ1v) is 12.3. The summed E-state index contributed by atoms with van der Waals surface area (Å²) in [5.74, 6) is -5.21. The number of H-pyrrole nitrogens is 2. The van der Waals surface area contributed by atoms with Crippen LogP contribution in [0.25, 0.3) is 22.3 Å². The number of nitrogen functional groups attached to an aromatic ring is 1. The molecule has 20 heteroatoms. The molecular formula is C21H21F6N9O4S. The predicted octanol–water partition coefficient (Wildman–Crippen LogP) is 4.06. The Balaban J connectivity index is 0.000000276. The molecule has 222 valence electrons. The van der Waals surface area contributed by atoms with Crippen LogP contribution < -0.4 is 5.73 Å². The number of rotatable bonds is 4. The van der Waals surface area contributed by atoms with Crippen molar-refractivity contribution >= 4 is 40.7 Å². The number of carboxylic acid groups (broad SMARTS) is 2. The zero-order valence-electron chi connectivity index (χ0n) is 20.5. The number of carbonyl (C=O) groups is 2. The molecule has 0 aromatic carbocycles. The van der Waals surface area contributed by atoms with E-state index in [9.17, 15) is 26.3 Å². The van der Waals surface area contributed by atoms with E-state index >= 15 is 0 Å². The van der Waals surface area contributed by atoms with E-state index in [0.717, 1.165) is 53.1 Å². The molecule has 4 heterocycles. The van der Waals surface area contributed by atoms with Crippen LogP contribution in [0.1, 0.15) is 31.7 Å². The van der Waals surface area contributed by atoms with Crippen molar-refractivity contribution in [1.82, 2.24) is 39.9 Å². The van der Waals surface area contributed by atoms with Gasteiger partial charge in [-0.05, 0) is 31.7 Å². The van der Waals surface area contributed by atoms with Gasteiger partial charge in [0.25, 0.3) is 0 Å². The predicted molar refractivity (Wildman–Crippen MR) is 130 cm³/mol. The van der Waals surface area contributed by atoms with Crippen molar-refractivity contribution in [2.45, 2.75) is 54.5 Å². The molecule has 0 unspecified atom stereocenters. The fourth-order valence-electron chi connectivity index (χ4n) is 3.66. The number of fused-ring (bicyclic) bond motifs is 1. The first-order valence-electron chi connectivity index (χ1n) is 11.4. The lowest BCUT2D eigenvalue weighted by Gasteiger charge is -2.27. The van der Waals surface area contributed by atoms with Gasteiger partial charge in [0.2, 0.25) is 5.95 Å². The molecule has 0 saturated heterocycles. The molecule has 1 saturated carbocycles. The van der Waals surface area contributed by atoms with E-state index in [1.54, 1.807) is 18.1 Å². The Kier molecular flexibility index (Phi) is 9.79. The van der Waals surface area contributed by atoms with Crippen molar-refractivity contribution in [1.29, 1.82) is 0 Å². The number of nitrogens with zero attached hydrogens (tertiary/aromatic N) is 6. The lowest BCUT2D eigenvalue weighted by atomic mass is 9.95. The zero-order chi connectivity index (χ0) is 30.4. The summed E-state index contributed by atoms with van der Waals surface area (Å²) in [5, 5.41) is 28.0. The first kappa shape index (κ1) is 31.2. The second kappa shape index (κ2) is 12.9. The van der Waals surface area contributed by atoms with Gasteiger partial charge in [0, 0.05) is 28.6 Å². The number of nitrogens with one attached hydrogen (secondary N) is 2. The average Bonchev–Trinajstić information content (AvgIpc) is 3.65. The van der Waals surface area contributed by atoms with Crippen LogP contribution in [-0.2, 0) is 9.59 Å². The third kappa shape index (κ3) is 8.82. The largest absolute Gasteiger partial charge is 0.490 e. The second-order valence-electron chi connectivity index (χ2n) is 8.32. The molecule has 6 N–H and O–H groups in total. The summed E-state index contributed by atoms with van der Waals surface area (Å²) >= 11 is 1.73. The Morgan fingerprint density at radius 3 is 2.17 bits per heavy atom. The molecule has 0 bridgehead atoms. The molecule has 0 atom stereocenters. The van der Waals surface area contributed by atoms with E-state index in [4.69, 9.17) is 25.5 Å². The molecule has 41 heavy (non-hydrogen) atoms. The summed E-state index contributed by atoms with van der Waals surface area (Å²) in [5.41, 5.74) is 8.36. The summed E-state index contributed by atoms with van der Waals surface area (Å²) in [6, 6.07) is 2.42. The quantitative estimate of drug-likeness (QED) is 0.209. The van der Waals surface area contributed by atoms with Gasteiger partial charge >= 0.3 is 24.3 Å². The number of hydrogen-bond donors (Lipinski definition) is 5. The summed E-state index contributed by atoms with van der Waals surface area (Å²) in [7, 11) is 0. The van der Waals surface area contributed by atoms with Gasteiger partial charge in [-0.1, -0.05) is 11.8 Å². The van der Waals surface area contributed by atoms with Crippen LogP contribution in [0.5, 0.6) is 0 Å². The summed E-state index contributed by atoms with van der Waals surface area (Å²) in [6.07, 6.45) is 1.70. The molecule has 1 fully saturated rings. The van der Waals surface area contributed by atoms with E-state index in [1.165, 1.54) is 0 Å². The summed E-state index contributed by atoms with van der Waals surface area (Å²) in [6.45, 7) is 0. The van der Waals surface area contributed by atoms with Crippen molar-refractivity contribution in [3.63, 3.8) is 0 Å². The van der Waals surface area contributed by atoms with Gasteiger partial charge in [-0.2, -0.15) is 36.4 Å². The third-order valence-corrected chi connectivity index (χ3v) is 6.70. The molecule has 1 aliphatic rings. The highest BCUT2D eigenvalue weighted by atomic mass is 32.2. The van der Waals surface area contributed by atoms with E-state index in [1.807, 2.05) is 18.5 Å². The molecule has 4 aromatic rings. The Hall–Kier alpha value is -4.36. The van der Waals surface area contributed by atoms with E-state index in [0.29, 0.717) is 17.2 Å². The van der Waals surface area contributed by atoms with Crippen LogP contribution in [0.3, 0.4) is 0 Å². The average molecular weight is 610 g/mol. The number of thioether (sulfide) groups is 1. The normalized spacial score (nSPS) is 17.2. The van der Waals surface area contributed by atoms with Gasteiger partial charge in [0.05, 0.1) is 17.9 Å². The maximum Gasteiger partial charge on any atom is 0.490 e. The van der Waals surface area contributed by atoms with Crippen LogP contribution >= 0.6 is 11.8 Å². The molecule has 0 radical (unpaired) electrons. The molecule has 0 amide bonds. The highest BCUT2D eigenvalue weighted by Gasteiger charge is 2.38. The number of halogens is 6. The highest BCUT2D eigenvalue weighted by molar-refractivity contribution is 7.99. The number of nitrogens with two attached hydrogens (primary N) is 1. The van der Waals surface area contributed by atoms with Crippen LogP contribution in [-0.4, -0.2) is 79.7 Å². The number of carboxylic acids is 2. The molecule has 13 nitrogen and oxygen atoms in total. The topological polar surface area (TPSA) is 202 Å². The molecular weight excluding hydrogens is 588 g/mol. The SMILES string of the molecule is Nc1n[nH]c(S[C@H]2CC[C@@H](n3cc(-c4ncnc5[nH]ccc45)cn3)CC2)n1.O=C(O)C(F)(F)F.O=C(O)C(F)(F)F. The van der Waals surface area contributed by atoms with Crippen molar-refractivity contribution < 1.29 is 46.1 Å². The van der Waals surface area contributed by atoms with Gasteiger partial charge in [0.1, 0.15) is 12.0 Å². The number of aromatic amines is 2. The summed E-state index contributed by atoms with van der Waals surface area (Å²) < 4.78 is 65.6. The number of hydrogen-bond acceptors (Lipinski definition) is 9. The fourth-order valence-corrected chi connectivity index (χ4v) is 4.73. The Labute approximate surface area is 229 Å². The molecule has 5 rings (SSSR count). The number of aliphatic carboxylic acids is 2. The Bertz CT molecular complexity index is 1440. The molecule has 0 aliphatic heterocycles. The summed E-state index contributed by atoms with van der Waals surface area (Å²) in [4.78, 5) is 33.8. The zero-order valence-corrected chi connectivity index (χ0v) is 21.3. The number of aromatic nitrogens is 8. The van der Waals surface area contributed by atoms with Crippen molar-refractivity contribution in [3.05, 3.63) is 31.0 Å². The van der Waals surface area contributed by atoms with Gasteiger partial charge < -0.3 is 20.9 Å².